The van der Waals surface area contributed by atoms with Gasteiger partial charge in [-0.05, 0) is 6.08 Å². The van der Waals surface area contributed by atoms with E-state index in [1.807, 2.05) is 6.08 Å². The maximum atomic E-state index is 10.6. The molecule has 58 valence electrons. The van der Waals surface area contributed by atoms with E-state index >= 15 is 0 Å². The molecule has 11 heavy (non-hydrogen) atoms. The summed E-state index contributed by atoms with van der Waals surface area (Å²) >= 11 is 3.21. The first-order chi connectivity index (χ1) is 5.20. The highest BCUT2D eigenvalue weighted by Gasteiger charge is 2.72. The first kappa shape index (κ1) is 6.57. The van der Waals surface area contributed by atoms with Crippen LogP contribution in [0.25, 0.3) is 0 Å². The molecular formula is C7H6O2S2. The molecule has 2 heterocycles. The number of fused-ring (bicyclic) bond motifs is 3. The highest BCUT2D eigenvalue weighted by molar-refractivity contribution is 8.14. The van der Waals surface area contributed by atoms with Crippen molar-refractivity contribution in [2.45, 2.75) is 20.2 Å². The molecule has 2 fully saturated rings. The Bertz CT molecular complexity index is 278. The Hall–Kier alpha value is 0.0700. The zero-order valence-electron chi connectivity index (χ0n) is 5.56. The molecule has 1 N–H and O–H groups in total. The molecule has 0 amide bonds. The van der Waals surface area contributed by atoms with Crippen molar-refractivity contribution in [3.63, 3.8) is 0 Å². The van der Waals surface area contributed by atoms with Crippen molar-refractivity contribution in [2.75, 3.05) is 0 Å². The molecular weight excluding hydrogens is 180 g/mol. The van der Waals surface area contributed by atoms with Crippen LogP contribution in [0.5, 0.6) is 0 Å². The second kappa shape index (κ2) is 1.56. The molecule has 4 unspecified atom stereocenters. The van der Waals surface area contributed by atoms with Crippen molar-refractivity contribution in [1.82, 2.24) is 0 Å². The van der Waals surface area contributed by atoms with Gasteiger partial charge in [0.1, 0.15) is 16.0 Å². The van der Waals surface area contributed by atoms with Crippen LogP contribution in [-0.2, 0) is 4.79 Å². The molecule has 0 bridgehead atoms. The first-order valence-corrected chi connectivity index (χ1v) is 5.21. The Morgan fingerprint density at radius 1 is 1.36 bits per heavy atom. The minimum atomic E-state index is -0.610. The summed E-state index contributed by atoms with van der Waals surface area (Å²) in [4.78, 5) is 10.0. The first-order valence-electron chi connectivity index (χ1n) is 3.45. The third-order valence-electron chi connectivity index (χ3n) is 2.43. The lowest BCUT2D eigenvalue weighted by molar-refractivity contribution is -0.108. The van der Waals surface area contributed by atoms with Crippen LogP contribution in [0.2, 0.25) is 0 Å². The number of hydrogen-bond acceptors (Lipinski definition) is 4. The summed E-state index contributed by atoms with van der Waals surface area (Å²) in [5.41, 5.74) is 0. The Morgan fingerprint density at radius 3 is 2.91 bits per heavy atom. The average Bonchev–Trinajstić information content (AvgIpc) is 2.79. The summed E-state index contributed by atoms with van der Waals surface area (Å²) in [6, 6.07) is 0. The molecule has 4 heteroatoms. The lowest BCUT2D eigenvalue weighted by atomic mass is 9.96. The fourth-order valence-electron chi connectivity index (χ4n) is 1.58. The van der Waals surface area contributed by atoms with Gasteiger partial charge in [-0.2, -0.15) is 0 Å². The van der Waals surface area contributed by atoms with Gasteiger partial charge in [-0.25, -0.2) is 0 Å². The van der Waals surface area contributed by atoms with Gasteiger partial charge < -0.3 is 9.90 Å². The summed E-state index contributed by atoms with van der Waals surface area (Å²) in [6.45, 7) is 0. The minimum absolute atomic E-state index is 0.250. The lowest BCUT2D eigenvalue weighted by Crippen LogP contribution is -2.27. The fraction of sp³-hybridized carbons (Fsp3) is 0.571. The van der Waals surface area contributed by atoms with Crippen molar-refractivity contribution >= 4 is 29.8 Å². The zero-order chi connectivity index (χ0) is 7.69. The van der Waals surface area contributed by atoms with Gasteiger partial charge in [0, 0.05) is 5.25 Å². The molecule has 2 saturated heterocycles. The van der Waals surface area contributed by atoms with Crippen molar-refractivity contribution in [1.29, 1.82) is 0 Å². The van der Waals surface area contributed by atoms with Crippen LogP contribution in [0.1, 0.15) is 0 Å². The fourth-order valence-corrected chi connectivity index (χ4v) is 4.31. The van der Waals surface area contributed by atoms with Crippen molar-refractivity contribution in [2.24, 2.45) is 0 Å². The number of rotatable bonds is 1. The molecule has 0 aromatic carbocycles. The van der Waals surface area contributed by atoms with Crippen LogP contribution in [0.3, 0.4) is 0 Å². The summed E-state index contributed by atoms with van der Waals surface area (Å²) < 4.78 is -0.250. The quantitative estimate of drug-likeness (QED) is 0.366. The minimum Gasteiger partial charge on any atom is -0.375 e. The van der Waals surface area contributed by atoms with Crippen molar-refractivity contribution < 1.29 is 9.90 Å². The van der Waals surface area contributed by atoms with Crippen LogP contribution in [-0.4, -0.2) is 31.6 Å². The van der Waals surface area contributed by atoms with E-state index in [9.17, 15) is 9.90 Å². The van der Waals surface area contributed by atoms with Gasteiger partial charge in [-0.15, -0.1) is 23.5 Å². The third kappa shape index (κ3) is 0.638. The standard InChI is InChI=1S/C7H6O2S2/c8-3-6-1-2-7(9)5(11-7)4(6)10-6/h1-5,9H. The molecule has 3 rings (SSSR count). The molecule has 3 aliphatic rings. The molecule has 4 atom stereocenters. The Balaban J connectivity index is 2.02. The van der Waals surface area contributed by atoms with E-state index in [0.29, 0.717) is 5.25 Å². The maximum absolute atomic E-state index is 10.6. The van der Waals surface area contributed by atoms with Gasteiger partial charge in [0.2, 0.25) is 0 Å². The van der Waals surface area contributed by atoms with E-state index in [4.69, 9.17) is 0 Å². The van der Waals surface area contributed by atoms with E-state index < -0.39 is 4.93 Å². The van der Waals surface area contributed by atoms with Crippen molar-refractivity contribution in [3.05, 3.63) is 12.2 Å². The van der Waals surface area contributed by atoms with Gasteiger partial charge in [0.05, 0.1) is 5.25 Å². The van der Waals surface area contributed by atoms with Crippen LogP contribution in [0.15, 0.2) is 12.2 Å². The number of aliphatic hydroxyl groups is 1. The summed E-state index contributed by atoms with van der Waals surface area (Å²) in [5.74, 6) is 0. The van der Waals surface area contributed by atoms with Gasteiger partial charge in [-0.3, -0.25) is 0 Å². The van der Waals surface area contributed by atoms with Crippen LogP contribution in [0.4, 0.5) is 0 Å². The number of hydrogen-bond donors (Lipinski definition) is 1. The van der Waals surface area contributed by atoms with Crippen molar-refractivity contribution in [3.8, 4) is 0 Å². The van der Waals surface area contributed by atoms with Gasteiger partial charge in [0.25, 0.3) is 0 Å². The Labute approximate surface area is 72.4 Å². The molecule has 0 saturated carbocycles. The number of aldehydes is 1. The van der Waals surface area contributed by atoms with Crippen LogP contribution >= 0.6 is 23.5 Å². The molecule has 0 radical (unpaired) electrons. The highest BCUT2D eigenvalue weighted by Crippen LogP contribution is 2.71. The summed E-state index contributed by atoms with van der Waals surface area (Å²) in [5, 5.41) is 10.2. The van der Waals surface area contributed by atoms with Gasteiger partial charge >= 0.3 is 0 Å². The predicted octanol–water partition coefficient (Wildman–Crippen LogP) is 0.413. The highest BCUT2D eigenvalue weighted by atomic mass is 32.2. The number of thioether (sulfide) groups is 2. The van der Waals surface area contributed by atoms with Gasteiger partial charge in [-0.1, -0.05) is 6.08 Å². The van der Waals surface area contributed by atoms with E-state index in [-0.39, 0.29) is 10.00 Å². The van der Waals surface area contributed by atoms with Crippen LogP contribution in [0, 0.1) is 0 Å². The maximum Gasteiger partial charge on any atom is 0.142 e. The van der Waals surface area contributed by atoms with E-state index in [0.717, 1.165) is 6.29 Å². The number of carbonyl (C=O) groups excluding carboxylic acids is 1. The summed E-state index contributed by atoms with van der Waals surface area (Å²) in [6.07, 6.45) is 4.62. The smallest absolute Gasteiger partial charge is 0.142 e. The summed E-state index contributed by atoms with van der Waals surface area (Å²) in [7, 11) is 0. The largest absolute Gasteiger partial charge is 0.375 e. The van der Waals surface area contributed by atoms with E-state index in [1.165, 1.54) is 0 Å². The average molecular weight is 186 g/mol. The SMILES string of the molecule is O=CC12C=CC3(O)SC3C1S2. The monoisotopic (exact) mass is 186 g/mol. The predicted molar refractivity (Wildman–Crippen MR) is 45.6 cm³/mol. The Kier molecular flexibility index (Phi) is 0.930. The Morgan fingerprint density at radius 2 is 2.18 bits per heavy atom. The van der Waals surface area contributed by atoms with Gasteiger partial charge in [0.15, 0.2) is 0 Å². The molecule has 1 aliphatic carbocycles. The normalized spacial score (nSPS) is 63.0. The molecule has 0 aromatic rings. The second-order valence-corrected chi connectivity index (χ2v) is 5.98. The third-order valence-corrected chi connectivity index (χ3v) is 5.55. The van der Waals surface area contributed by atoms with E-state index in [1.54, 1.807) is 29.6 Å². The van der Waals surface area contributed by atoms with Crippen LogP contribution < -0.4 is 0 Å². The molecule has 0 spiro atoms. The topological polar surface area (TPSA) is 37.3 Å². The molecule has 2 aliphatic heterocycles. The zero-order valence-corrected chi connectivity index (χ0v) is 7.19. The molecule has 2 nitrogen and oxygen atoms in total. The molecule has 0 aromatic heterocycles. The number of carbonyl (C=O) groups is 1. The second-order valence-electron chi connectivity index (χ2n) is 3.13. The van der Waals surface area contributed by atoms with E-state index in [2.05, 4.69) is 0 Å². The lowest BCUT2D eigenvalue weighted by Gasteiger charge is -2.08.